The molecule has 0 heterocycles. The molecular weight excluding hydrogens is 274 g/mol. The molecule has 0 bridgehead atoms. The summed E-state index contributed by atoms with van der Waals surface area (Å²) in [6.07, 6.45) is 2.21. The highest BCUT2D eigenvalue weighted by Gasteiger charge is 2.14. The Hall–Kier alpha value is -0.900. The maximum atomic E-state index is 10.4. The highest BCUT2D eigenvalue weighted by atomic mass is 35.5. The van der Waals surface area contributed by atoms with Crippen LogP contribution in [0.15, 0.2) is 12.1 Å². The molecule has 0 atom stereocenters. The second kappa shape index (κ2) is 5.43. The maximum absolute atomic E-state index is 10.4. The first kappa shape index (κ1) is 13.2. The number of benzene rings is 1. The molecule has 0 spiro atoms. The second-order valence-corrected chi connectivity index (χ2v) is 3.97. The van der Waals surface area contributed by atoms with Crippen LogP contribution in [0, 0.1) is 0 Å². The van der Waals surface area contributed by atoms with Crippen molar-refractivity contribution in [1.29, 1.82) is 0 Å². The smallest absolute Gasteiger partial charge is 0.328 e. The number of ether oxygens (including phenoxy) is 1. The molecule has 3 nitrogen and oxygen atoms in total. The quantitative estimate of drug-likeness (QED) is 0.678. The van der Waals surface area contributed by atoms with E-state index in [-0.39, 0.29) is 20.8 Å². The van der Waals surface area contributed by atoms with E-state index in [0.717, 1.165) is 6.08 Å². The van der Waals surface area contributed by atoms with Crippen LogP contribution in [-0.4, -0.2) is 18.2 Å². The van der Waals surface area contributed by atoms with Crippen LogP contribution >= 0.6 is 34.8 Å². The van der Waals surface area contributed by atoms with Crippen LogP contribution in [0.4, 0.5) is 0 Å². The summed E-state index contributed by atoms with van der Waals surface area (Å²) in [6.45, 7) is 0. The van der Waals surface area contributed by atoms with Crippen LogP contribution in [0.5, 0.6) is 5.75 Å². The second-order valence-electron chi connectivity index (χ2n) is 2.77. The van der Waals surface area contributed by atoms with Gasteiger partial charge in [0, 0.05) is 11.6 Å². The molecule has 0 aliphatic rings. The van der Waals surface area contributed by atoms with Gasteiger partial charge in [-0.1, -0.05) is 34.8 Å². The molecule has 0 unspecified atom stereocenters. The number of rotatable bonds is 3. The zero-order chi connectivity index (χ0) is 12.3. The van der Waals surface area contributed by atoms with Crippen LogP contribution in [0.3, 0.4) is 0 Å². The van der Waals surface area contributed by atoms with Gasteiger partial charge >= 0.3 is 5.97 Å². The van der Waals surface area contributed by atoms with E-state index in [0.29, 0.717) is 5.56 Å². The Kier molecular flexibility index (Phi) is 4.47. The van der Waals surface area contributed by atoms with Gasteiger partial charge in [-0.3, -0.25) is 0 Å². The molecular formula is C10H7Cl3O3. The minimum atomic E-state index is -1.10. The van der Waals surface area contributed by atoms with Crippen molar-refractivity contribution in [1.82, 2.24) is 0 Å². The molecule has 1 N–H and O–H groups in total. The van der Waals surface area contributed by atoms with E-state index in [2.05, 4.69) is 0 Å². The molecule has 0 saturated carbocycles. The number of aliphatic carboxylic acids is 1. The normalized spacial score (nSPS) is 10.8. The van der Waals surface area contributed by atoms with E-state index in [1.54, 1.807) is 0 Å². The molecule has 86 valence electrons. The molecule has 1 aromatic rings. The van der Waals surface area contributed by atoms with Crippen LogP contribution in [0.2, 0.25) is 15.1 Å². The Morgan fingerprint density at radius 1 is 1.38 bits per heavy atom. The topological polar surface area (TPSA) is 46.5 Å². The van der Waals surface area contributed by atoms with Gasteiger partial charge in [0.1, 0.15) is 5.75 Å². The number of halogens is 3. The largest absolute Gasteiger partial charge is 0.495 e. The van der Waals surface area contributed by atoms with Crippen molar-refractivity contribution >= 4 is 46.8 Å². The molecule has 16 heavy (non-hydrogen) atoms. The Bertz CT molecular complexity index is 455. The lowest BCUT2D eigenvalue weighted by Gasteiger charge is -2.10. The summed E-state index contributed by atoms with van der Waals surface area (Å²) in [5, 5.41) is 9.23. The zero-order valence-electron chi connectivity index (χ0n) is 8.13. The lowest BCUT2D eigenvalue weighted by atomic mass is 10.2. The third-order valence-electron chi connectivity index (χ3n) is 1.76. The summed E-state index contributed by atoms with van der Waals surface area (Å²) in [5.74, 6) is -0.817. The van der Waals surface area contributed by atoms with Gasteiger partial charge < -0.3 is 9.84 Å². The van der Waals surface area contributed by atoms with Gasteiger partial charge in [-0.05, 0) is 12.1 Å². The summed E-state index contributed by atoms with van der Waals surface area (Å²) in [7, 11) is 1.41. The first-order valence-corrected chi connectivity index (χ1v) is 5.23. The lowest BCUT2D eigenvalue weighted by molar-refractivity contribution is -0.131. The van der Waals surface area contributed by atoms with E-state index < -0.39 is 5.97 Å². The molecule has 1 rings (SSSR count). The van der Waals surface area contributed by atoms with Crippen molar-refractivity contribution < 1.29 is 14.6 Å². The minimum Gasteiger partial charge on any atom is -0.495 e. The predicted molar refractivity (Wildman–Crippen MR) is 64.7 cm³/mol. The highest BCUT2D eigenvalue weighted by molar-refractivity contribution is 6.44. The fourth-order valence-electron chi connectivity index (χ4n) is 1.11. The lowest BCUT2D eigenvalue weighted by Crippen LogP contribution is -1.92. The van der Waals surface area contributed by atoms with Gasteiger partial charge in [-0.2, -0.15) is 0 Å². The van der Waals surface area contributed by atoms with Gasteiger partial charge in [-0.25, -0.2) is 4.79 Å². The highest BCUT2D eigenvalue weighted by Crippen LogP contribution is 2.39. The van der Waals surface area contributed by atoms with E-state index in [1.165, 1.54) is 19.3 Å². The number of hydrogen-bond donors (Lipinski definition) is 1. The molecule has 1 aromatic carbocycles. The van der Waals surface area contributed by atoms with Crippen molar-refractivity contribution in [3.63, 3.8) is 0 Å². The summed E-state index contributed by atoms with van der Waals surface area (Å²) < 4.78 is 5.03. The van der Waals surface area contributed by atoms with Crippen molar-refractivity contribution in [2.75, 3.05) is 7.11 Å². The summed E-state index contributed by atoms with van der Waals surface area (Å²) >= 11 is 17.6. The number of carboxylic acids is 1. The average molecular weight is 282 g/mol. The number of hydrogen-bond acceptors (Lipinski definition) is 2. The van der Waals surface area contributed by atoms with Crippen LogP contribution in [-0.2, 0) is 4.79 Å². The van der Waals surface area contributed by atoms with Crippen molar-refractivity contribution in [2.24, 2.45) is 0 Å². The van der Waals surface area contributed by atoms with E-state index in [9.17, 15) is 4.79 Å². The Morgan fingerprint density at radius 2 is 2.00 bits per heavy atom. The first-order chi connectivity index (χ1) is 7.47. The standard InChI is InChI=1S/C10H7Cl3O3/c1-16-10-5(2-3-8(14)15)9(13)6(11)4-7(10)12/h2-4H,1H3,(H,14,15). The fourth-order valence-corrected chi connectivity index (χ4v) is 1.87. The Morgan fingerprint density at radius 3 is 2.50 bits per heavy atom. The molecule has 0 aliphatic heterocycles. The Balaban J connectivity index is 3.39. The van der Waals surface area contributed by atoms with E-state index in [4.69, 9.17) is 44.6 Å². The van der Waals surface area contributed by atoms with Gasteiger partial charge in [0.15, 0.2) is 0 Å². The van der Waals surface area contributed by atoms with Crippen LogP contribution in [0.25, 0.3) is 6.08 Å². The van der Waals surface area contributed by atoms with E-state index >= 15 is 0 Å². The molecule has 0 fully saturated rings. The van der Waals surface area contributed by atoms with Crippen molar-refractivity contribution in [3.05, 3.63) is 32.8 Å². The third-order valence-corrected chi connectivity index (χ3v) is 2.84. The summed E-state index contributed by atoms with van der Waals surface area (Å²) in [4.78, 5) is 10.4. The first-order valence-electron chi connectivity index (χ1n) is 4.10. The number of methoxy groups -OCH3 is 1. The van der Waals surface area contributed by atoms with Crippen molar-refractivity contribution in [3.8, 4) is 5.75 Å². The van der Waals surface area contributed by atoms with Crippen LogP contribution < -0.4 is 4.74 Å². The SMILES string of the molecule is COc1c(Cl)cc(Cl)c(Cl)c1C=CC(=O)O. The third kappa shape index (κ3) is 2.82. The number of carbonyl (C=O) groups is 1. The predicted octanol–water partition coefficient (Wildman–Crippen LogP) is 3.75. The fraction of sp³-hybridized carbons (Fsp3) is 0.100. The summed E-state index contributed by atoms with van der Waals surface area (Å²) in [5.41, 5.74) is 0.337. The maximum Gasteiger partial charge on any atom is 0.328 e. The van der Waals surface area contributed by atoms with Gasteiger partial charge in [0.25, 0.3) is 0 Å². The van der Waals surface area contributed by atoms with Crippen molar-refractivity contribution in [2.45, 2.75) is 0 Å². The van der Waals surface area contributed by atoms with Gasteiger partial charge in [0.2, 0.25) is 0 Å². The molecule has 6 heteroatoms. The minimum absolute atomic E-state index is 0.195. The zero-order valence-corrected chi connectivity index (χ0v) is 10.4. The molecule has 0 aliphatic carbocycles. The molecule has 0 amide bonds. The molecule has 0 radical (unpaired) electrons. The van der Waals surface area contributed by atoms with E-state index in [1.807, 2.05) is 0 Å². The number of carboxylic acid groups (broad SMARTS) is 1. The molecule has 0 aromatic heterocycles. The summed E-state index contributed by atoms with van der Waals surface area (Å²) in [6, 6.07) is 1.43. The average Bonchev–Trinajstić information content (AvgIpc) is 2.20. The van der Waals surface area contributed by atoms with Gasteiger partial charge in [-0.15, -0.1) is 0 Å². The molecule has 0 saturated heterocycles. The Labute approximate surface area is 107 Å². The monoisotopic (exact) mass is 280 g/mol. The van der Waals surface area contributed by atoms with Crippen LogP contribution in [0.1, 0.15) is 5.56 Å². The van der Waals surface area contributed by atoms with Gasteiger partial charge in [0.05, 0.1) is 22.2 Å².